The summed E-state index contributed by atoms with van der Waals surface area (Å²) in [6.07, 6.45) is 0.689. The Labute approximate surface area is 135 Å². The molecule has 1 aromatic rings. The third-order valence-corrected chi connectivity index (χ3v) is 7.36. The van der Waals surface area contributed by atoms with Gasteiger partial charge in [-0.05, 0) is 31.0 Å². The van der Waals surface area contributed by atoms with Crippen molar-refractivity contribution in [3.05, 3.63) is 28.8 Å². The maximum atomic E-state index is 13.0. The molecule has 0 aliphatic carbocycles. The number of sulfonamides is 1. The summed E-state index contributed by atoms with van der Waals surface area (Å²) >= 11 is 6.06. The summed E-state index contributed by atoms with van der Waals surface area (Å²) in [7, 11) is -3.62. The molecule has 2 aliphatic heterocycles. The van der Waals surface area contributed by atoms with E-state index in [0.29, 0.717) is 43.3 Å². The molecule has 2 atom stereocenters. The van der Waals surface area contributed by atoms with Gasteiger partial charge in [0.25, 0.3) is 0 Å². The molecule has 0 unspecified atom stereocenters. The summed E-state index contributed by atoms with van der Waals surface area (Å²) in [6, 6.07) is 4.92. The molecule has 2 aliphatic rings. The molecule has 0 spiro atoms. The Morgan fingerprint density at radius 3 is 2.95 bits per heavy atom. The Morgan fingerprint density at radius 1 is 1.50 bits per heavy atom. The lowest BCUT2D eigenvalue weighted by Gasteiger charge is -2.36. The van der Waals surface area contributed by atoms with Gasteiger partial charge in [-0.25, -0.2) is 8.42 Å². The second kappa shape index (κ2) is 5.76. The summed E-state index contributed by atoms with van der Waals surface area (Å²) in [6.45, 7) is 3.49. The van der Waals surface area contributed by atoms with Gasteiger partial charge in [-0.1, -0.05) is 17.7 Å². The Hall–Kier alpha value is -0.660. The highest BCUT2D eigenvalue weighted by atomic mass is 35.5. The van der Waals surface area contributed by atoms with E-state index in [0.717, 1.165) is 0 Å². The fraction of sp³-hybridized carbons (Fsp3) is 0.600. The largest absolute Gasteiger partial charge is 0.396 e. The van der Waals surface area contributed by atoms with Crippen LogP contribution in [0, 0.1) is 18.3 Å². The summed E-state index contributed by atoms with van der Waals surface area (Å²) in [5.41, 5.74) is 0.186. The Kier molecular flexibility index (Phi) is 4.24. The van der Waals surface area contributed by atoms with Crippen molar-refractivity contribution < 1.29 is 18.3 Å². The molecule has 5 nitrogen and oxygen atoms in total. The lowest BCUT2D eigenvalue weighted by molar-refractivity contribution is -0.0414. The predicted molar refractivity (Wildman–Crippen MR) is 83.4 cm³/mol. The summed E-state index contributed by atoms with van der Waals surface area (Å²) in [4.78, 5) is 0.243. The van der Waals surface area contributed by atoms with Crippen molar-refractivity contribution in [2.45, 2.75) is 18.2 Å². The molecule has 1 N–H and O–H groups in total. The van der Waals surface area contributed by atoms with Gasteiger partial charge in [0, 0.05) is 36.1 Å². The van der Waals surface area contributed by atoms with E-state index in [4.69, 9.17) is 16.3 Å². The van der Waals surface area contributed by atoms with Crippen LogP contribution in [0.4, 0.5) is 0 Å². The van der Waals surface area contributed by atoms with Gasteiger partial charge in [0.15, 0.2) is 0 Å². The van der Waals surface area contributed by atoms with E-state index >= 15 is 0 Å². The fourth-order valence-electron chi connectivity index (χ4n) is 3.45. The molecular formula is C15H20ClNO4S. The minimum Gasteiger partial charge on any atom is -0.396 e. The van der Waals surface area contributed by atoms with Crippen LogP contribution in [0.2, 0.25) is 5.02 Å². The highest BCUT2D eigenvalue weighted by Crippen LogP contribution is 2.43. The molecule has 2 saturated heterocycles. The second-order valence-corrected chi connectivity index (χ2v) is 8.52. The van der Waals surface area contributed by atoms with E-state index in [9.17, 15) is 13.5 Å². The molecule has 1 aromatic carbocycles. The lowest BCUT2D eigenvalue weighted by atomic mass is 9.75. The lowest BCUT2D eigenvalue weighted by Crippen LogP contribution is -2.41. The van der Waals surface area contributed by atoms with Crippen LogP contribution >= 0.6 is 11.6 Å². The van der Waals surface area contributed by atoms with Crippen molar-refractivity contribution in [1.29, 1.82) is 0 Å². The van der Waals surface area contributed by atoms with E-state index in [-0.39, 0.29) is 22.8 Å². The van der Waals surface area contributed by atoms with Crippen LogP contribution in [-0.4, -0.2) is 50.7 Å². The quantitative estimate of drug-likeness (QED) is 0.905. The average molecular weight is 346 g/mol. The molecule has 22 heavy (non-hydrogen) atoms. The van der Waals surface area contributed by atoms with E-state index in [1.807, 2.05) is 0 Å². The van der Waals surface area contributed by atoms with E-state index < -0.39 is 10.0 Å². The average Bonchev–Trinajstić information content (AvgIpc) is 2.91. The maximum Gasteiger partial charge on any atom is 0.243 e. The van der Waals surface area contributed by atoms with E-state index in [1.165, 1.54) is 4.31 Å². The van der Waals surface area contributed by atoms with Crippen LogP contribution in [0.1, 0.15) is 12.0 Å². The number of rotatable bonds is 3. The van der Waals surface area contributed by atoms with Crippen LogP contribution < -0.4 is 0 Å². The number of hydrogen-bond acceptors (Lipinski definition) is 4. The minimum absolute atomic E-state index is 0.0123. The van der Waals surface area contributed by atoms with Crippen molar-refractivity contribution in [3.63, 3.8) is 0 Å². The highest BCUT2D eigenvalue weighted by molar-refractivity contribution is 7.89. The zero-order chi connectivity index (χ0) is 16.0. The fourth-order valence-corrected chi connectivity index (χ4v) is 5.50. The summed E-state index contributed by atoms with van der Waals surface area (Å²) < 4.78 is 32.8. The van der Waals surface area contributed by atoms with Crippen LogP contribution in [-0.2, 0) is 14.8 Å². The van der Waals surface area contributed by atoms with Crippen LogP contribution in [0.25, 0.3) is 0 Å². The summed E-state index contributed by atoms with van der Waals surface area (Å²) in [5.74, 6) is 0.0421. The van der Waals surface area contributed by atoms with Gasteiger partial charge in [-0.3, -0.25) is 0 Å². The number of ether oxygens (including phenoxy) is 1. The molecule has 2 fully saturated rings. The Bertz CT molecular complexity index is 678. The minimum atomic E-state index is -3.62. The Balaban J connectivity index is 1.96. The summed E-state index contributed by atoms with van der Waals surface area (Å²) in [5, 5.41) is 10.2. The topological polar surface area (TPSA) is 66.8 Å². The second-order valence-electron chi connectivity index (χ2n) is 6.20. The standard InChI is InChI=1S/C15H20ClNO4S/c1-11-13(16)3-2-4-14(11)22(19,20)17-7-12-8-21-6-5-15(12,9-17)10-18/h2-4,12,18H,5-10H2,1H3/t12-,15-/m1/s1. The van der Waals surface area contributed by atoms with Crippen molar-refractivity contribution in [1.82, 2.24) is 4.31 Å². The molecule has 0 aromatic heterocycles. The zero-order valence-corrected chi connectivity index (χ0v) is 14.0. The molecular weight excluding hydrogens is 326 g/mol. The van der Waals surface area contributed by atoms with Gasteiger partial charge in [0.2, 0.25) is 10.0 Å². The first-order chi connectivity index (χ1) is 10.4. The van der Waals surface area contributed by atoms with Gasteiger partial charge in [-0.15, -0.1) is 0 Å². The van der Waals surface area contributed by atoms with Gasteiger partial charge >= 0.3 is 0 Å². The first kappa shape index (κ1) is 16.2. The molecule has 3 rings (SSSR count). The first-order valence-electron chi connectivity index (χ1n) is 7.34. The van der Waals surface area contributed by atoms with Crippen molar-refractivity contribution >= 4 is 21.6 Å². The number of aliphatic hydroxyl groups excluding tert-OH is 1. The molecule has 0 amide bonds. The number of aliphatic hydroxyl groups is 1. The SMILES string of the molecule is Cc1c(Cl)cccc1S(=O)(=O)N1C[C@@H]2COCC[C@]2(CO)C1. The third-order valence-electron chi connectivity index (χ3n) is 5.00. The van der Waals surface area contributed by atoms with E-state index in [2.05, 4.69) is 0 Å². The number of benzene rings is 1. The van der Waals surface area contributed by atoms with Crippen molar-refractivity contribution in [3.8, 4) is 0 Å². The molecule has 2 heterocycles. The predicted octanol–water partition coefficient (Wildman–Crippen LogP) is 1.67. The van der Waals surface area contributed by atoms with Gasteiger partial charge < -0.3 is 9.84 Å². The molecule has 0 saturated carbocycles. The van der Waals surface area contributed by atoms with Gasteiger partial charge in [0.1, 0.15) is 0 Å². The number of halogens is 1. The van der Waals surface area contributed by atoms with Gasteiger partial charge in [0.05, 0.1) is 18.1 Å². The van der Waals surface area contributed by atoms with Crippen molar-refractivity contribution in [2.75, 3.05) is 32.9 Å². The number of fused-ring (bicyclic) bond motifs is 1. The van der Waals surface area contributed by atoms with Crippen LogP contribution in [0.15, 0.2) is 23.1 Å². The maximum absolute atomic E-state index is 13.0. The molecule has 0 bridgehead atoms. The highest BCUT2D eigenvalue weighted by Gasteiger charge is 2.51. The smallest absolute Gasteiger partial charge is 0.243 e. The monoisotopic (exact) mass is 345 g/mol. The number of nitrogens with zero attached hydrogens (tertiary/aromatic N) is 1. The zero-order valence-electron chi connectivity index (χ0n) is 12.5. The Morgan fingerprint density at radius 2 is 2.27 bits per heavy atom. The third kappa shape index (κ3) is 2.47. The molecule has 7 heteroatoms. The number of hydrogen-bond donors (Lipinski definition) is 1. The molecule has 0 radical (unpaired) electrons. The molecule has 122 valence electrons. The normalized spacial score (nSPS) is 29.5. The van der Waals surface area contributed by atoms with Gasteiger partial charge in [-0.2, -0.15) is 4.31 Å². The van der Waals surface area contributed by atoms with Crippen LogP contribution in [0.5, 0.6) is 0 Å². The van der Waals surface area contributed by atoms with E-state index in [1.54, 1.807) is 25.1 Å². The van der Waals surface area contributed by atoms with Crippen LogP contribution in [0.3, 0.4) is 0 Å². The van der Waals surface area contributed by atoms with Crippen molar-refractivity contribution in [2.24, 2.45) is 11.3 Å². The first-order valence-corrected chi connectivity index (χ1v) is 9.16.